The van der Waals surface area contributed by atoms with Crippen molar-refractivity contribution in [3.63, 3.8) is 0 Å². The summed E-state index contributed by atoms with van der Waals surface area (Å²) < 4.78 is 0. The van der Waals surface area contributed by atoms with Gasteiger partial charge in [0.05, 0.1) is 12.2 Å². The maximum atomic E-state index is 12.1. The van der Waals surface area contributed by atoms with Crippen molar-refractivity contribution in [3.05, 3.63) is 41.6 Å². The van der Waals surface area contributed by atoms with Gasteiger partial charge in [0, 0.05) is 18.3 Å². The minimum absolute atomic E-state index is 0.122. The Hall–Kier alpha value is -2.23. The minimum atomic E-state index is -0.229. The van der Waals surface area contributed by atoms with Crippen LogP contribution >= 0.6 is 0 Å². The second kappa shape index (κ2) is 3.66. The summed E-state index contributed by atoms with van der Waals surface area (Å²) in [6, 6.07) is 9.21. The Morgan fingerprint density at radius 3 is 2.41 bits per heavy atom. The van der Waals surface area contributed by atoms with E-state index >= 15 is 0 Å². The van der Waals surface area contributed by atoms with Crippen LogP contribution in [0.25, 0.3) is 0 Å². The number of amides is 1. The number of nitrogens with zero attached hydrogens (tertiary/aromatic N) is 2. The van der Waals surface area contributed by atoms with Crippen LogP contribution in [0.4, 0.5) is 5.69 Å². The molecular weight excluding hydrogens is 216 g/mol. The van der Waals surface area contributed by atoms with E-state index in [0.717, 1.165) is 5.69 Å². The summed E-state index contributed by atoms with van der Waals surface area (Å²) in [5, 5.41) is 0. The fourth-order valence-corrected chi connectivity index (χ4v) is 2.00. The van der Waals surface area contributed by atoms with Crippen molar-refractivity contribution in [2.24, 2.45) is 4.99 Å². The molecule has 1 aromatic rings. The number of para-hydroxylation sites is 1. The highest BCUT2D eigenvalue weighted by Crippen LogP contribution is 2.27. The van der Waals surface area contributed by atoms with Crippen LogP contribution in [-0.2, 0) is 9.59 Å². The van der Waals surface area contributed by atoms with Gasteiger partial charge in [-0.3, -0.25) is 14.6 Å². The summed E-state index contributed by atoms with van der Waals surface area (Å²) in [6.45, 7) is 0.122. The molecule has 2 heterocycles. The third kappa shape index (κ3) is 1.49. The monoisotopic (exact) mass is 226 g/mol. The fourth-order valence-electron chi connectivity index (χ4n) is 2.00. The lowest BCUT2D eigenvalue weighted by atomic mass is 10.1. The molecule has 3 rings (SSSR count). The van der Waals surface area contributed by atoms with Gasteiger partial charge < -0.3 is 4.90 Å². The molecule has 0 spiro atoms. The predicted octanol–water partition coefficient (Wildman–Crippen LogP) is 1.33. The van der Waals surface area contributed by atoms with Gasteiger partial charge in [0.2, 0.25) is 0 Å². The summed E-state index contributed by atoms with van der Waals surface area (Å²) in [4.78, 5) is 29.4. The molecule has 2 aliphatic heterocycles. The van der Waals surface area contributed by atoms with Crippen LogP contribution in [0.2, 0.25) is 0 Å². The van der Waals surface area contributed by atoms with Crippen LogP contribution in [-0.4, -0.2) is 24.4 Å². The van der Waals surface area contributed by atoms with E-state index in [2.05, 4.69) is 4.99 Å². The normalized spacial score (nSPS) is 23.2. The maximum absolute atomic E-state index is 12.1. The number of carbonyl (C=O) groups excluding carboxylic acids is 2. The number of anilines is 1. The van der Waals surface area contributed by atoms with Crippen molar-refractivity contribution in [3.8, 4) is 0 Å². The van der Waals surface area contributed by atoms with Crippen molar-refractivity contribution < 1.29 is 9.59 Å². The highest BCUT2D eigenvalue weighted by molar-refractivity contribution is 6.32. The van der Waals surface area contributed by atoms with Crippen molar-refractivity contribution in [1.29, 1.82) is 0 Å². The number of hydrogen-bond acceptors (Lipinski definition) is 3. The first-order chi connectivity index (χ1) is 8.27. The molecule has 1 aromatic carbocycles. The Kier molecular flexibility index (Phi) is 2.14. The zero-order valence-corrected chi connectivity index (χ0v) is 9.09. The molecule has 4 heteroatoms. The van der Waals surface area contributed by atoms with Crippen molar-refractivity contribution in [2.45, 2.75) is 6.42 Å². The molecule has 1 amide bonds. The van der Waals surface area contributed by atoms with Gasteiger partial charge in [-0.25, -0.2) is 0 Å². The third-order valence-electron chi connectivity index (χ3n) is 2.93. The number of ketones is 1. The second-order valence-corrected chi connectivity index (χ2v) is 3.99. The van der Waals surface area contributed by atoms with E-state index in [4.69, 9.17) is 0 Å². The SMILES string of the molecule is O=C1CN(c2ccccc2)C(=O)C1=C1CC=N1. The quantitative estimate of drug-likeness (QED) is 0.535. The maximum Gasteiger partial charge on any atom is 0.264 e. The second-order valence-electron chi connectivity index (χ2n) is 3.99. The topological polar surface area (TPSA) is 49.7 Å². The molecule has 0 aliphatic carbocycles. The molecule has 0 N–H and O–H groups in total. The van der Waals surface area contributed by atoms with Gasteiger partial charge in [-0.1, -0.05) is 18.2 Å². The third-order valence-corrected chi connectivity index (χ3v) is 2.93. The van der Waals surface area contributed by atoms with Crippen molar-refractivity contribution in [1.82, 2.24) is 0 Å². The Morgan fingerprint density at radius 1 is 1.12 bits per heavy atom. The summed E-state index contributed by atoms with van der Waals surface area (Å²) in [7, 11) is 0. The molecule has 0 unspecified atom stereocenters. The van der Waals surface area contributed by atoms with Gasteiger partial charge in [0.15, 0.2) is 5.78 Å². The minimum Gasteiger partial charge on any atom is -0.300 e. The number of carbonyl (C=O) groups is 2. The highest BCUT2D eigenvalue weighted by atomic mass is 16.2. The molecule has 0 saturated carbocycles. The molecule has 84 valence electrons. The molecular formula is C13H10N2O2. The van der Waals surface area contributed by atoms with Gasteiger partial charge in [-0.2, -0.15) is 0 Å². The first-order valence-corrected chi connectivity index (χ1v) is 5.43. The Balaban J connectivity index is 1.99. The van der Waals surface area contributed by atoms with Crippen LogP contribution < -0.4 is 4.90 Å². The summed E-state index contributed by atoms with van der Waals surface area (Å²) in [5.41, 5.74) is 1.64. The first kappa shape index (κ1) is 9.96. The zero-order chi connectivity index (χ0) is 11.8. The van der Waals surface area contributed by atoms with Crippen LogP contribution in [0.5, 0.6) is 0 Å². The van der Waals surface area contributed by atoms with Crippen LogP contribution in [0, 0.1) is 0 Å². The van der Waals surface area contributed by atoms with Crippen molar-refractivity contribution >= 4 is 23.6 Å². The molecule has 4 nitrogen and oxygen atoms in total. The van der Waals surface area contributed by atoms with Crippen LogP contribution in [0.15, 0.2) is 46.6 Å². The number of Topliss-reactive ketones (excluding diaryl/α,β-unsaturated/α-hetero) is 1. The Bertz CT molecular complexity index is 558. The number of allylic oxidation sites excluding steroid dienone is 1. The zero-order valence-electron chi connectivity index (χ0n) is 9.09. The standard InChI is InChI=1S/C13H10N2O2/c16-11-8-15(9-4-2-1-3-5-9)13(17)12(11)10-6-7-14-10/h1-5,7H,6,8H2. The van der Waals surface area contributed by atoms with E-state index in [-0.39, 0.29) is 23.8 Å². The molecule has 2 aliphatic rings. The van der Waals surface area contributed by atoms with Gasteiger partial charge >= 0.3 is 0 Å². The lowest BCUT2D eigenvalue weighted by Gasteiger charge is -2.14. The Morgan fingerprint density at radius 2 is 1.82 bits per heavy atom. The van der Waals surface area contributed by atoms with E-state index in [0.29, 0.717) is 12.1 Å². The molecule has 1 saturated heterocycles. The van der Waals surface area contributed by atoms with Crippen LogP contribution in [0.3, 0.4) is 0 Å². The lowest BCUT2D eigenvalue weighted by Crippen LogP contribution is -2.25. The summed E-state index contributed by atoms with van der Waals surface area (Å²) in [6.07, 6.45) is 2.32. The molecule has 0 atom stereocenters. The Labute approximate surface area is 98.3 Å². The van der Waals surface area contributed by atoms with Gasteiger partial charge in [-0.05, 0) is 12.1 Å². The number of benzene rings is 1. The molecule has 0 bridgehead atoms. The van der Waals surface area contributed by atoms with Gasteiger partial charge in [0.25, 0.3) is 5.91 Å². The van der Waals surface area contributed by atoms with E-state index in [1.54, 1.807) is 6.21 Å². The van der Waals surface area contributed by atoms with E-state index in [1.807, 2.05) is 30.3 Å². The summed E-state index contributed by atoms with van der Waals surface area (Å²) in [5.74, 6) is -0.362. The lowest BCUT2D eigenvalue weighted by molar-refractivity contribution is -0.116. The molecule has 17 heavy (non-hydrogen) atoms. The fraction of sp³-hybridized carbons (Fsp3) is 0.154. The number of rotatable bonds is 1. The van der Waals surface area contributed by atoms with Crippen LogP contribution in [0.1, 0.15) is 6.42 Å². The van der Waals surface area contributed by atoms with E-state index in [1.165, 1.54) is 4.90 Å². The average Bonchev–Trinajstić information content (AvgIpc) is 2.56. The molecule has 0 aromatic heterocycles. The largest absolute Gasteiger partial charge is 0.300 e. The number of aliphatic imine (C=N–C) groups is 1. The highest BCUT2D eigenvalue weighted by Gasteiger charge is 2.37. The molecule has 0 radical (unpaired) electrons. The first-order valence-electron chi connectivity index (χ1n) is 5.43. The van der Waals surface area contributed by atoms with E-state index in [9.17, 15) is 9.59 Å². The summed E-state index contributed by atoms with van der Waals surface area (Å²) >= 11 is 0. The number of hydrogen-bond donors (Lipinski definition) is 0. The van der Waals surface area contributed by atoms with Gasteiger partial charge in [0.1, 0.15) is 5.57 Å². The van der Waals surface area contributed by atoms with Gasteiger partial charge in [-0.15, -0.1) is 0 Å². The smallest absolute Gasteiger partial charge is 0.264 e. The predicted molar refractivity (Wildman–Crippen MR) is 63.9 cm³/mol. The van der Waals surface area contributed by atoms with Crippen molar-refractivity contribution in [2.75, 3.05) is 11.4 Å². The average molecular weight is 226 g/mol. The molecule has 1 fully saturated rings. The van der Waals surface area contributed by atoms with E-state index < -0.39 is 0 Å².